The van der Waals surface area contributed by atoms with Gasteiger partial charge >= 0.3 is 5.97 Å². The molecule has 0 heterocycles. The summed E-state index contributed by atoms with van der Waals surface area (Å²) in [6, 6.07) is 6.60. The van der Waals surface area contributed by atoms with Crippen molar-refractivity contribution in [1.29, 1.82) is 0 Å². The lowest BCUT2D eigenvalue weighted by Crippen LogP contribution is -2.21. The zero-order chi connectivity index (χ0) is 12.8. The number of hydrogen-bond donors (Lipinski definition) is 3. The van der Waals surface area contributed by atoms with Crippen LogP contribution >= 0.6 is 0 Å². The standard InChI is InChI=1S/C12H16O5/c1-2-17-9-5-3-4-8(6-9)12(16)10(13)7-11(14)15/h3-6,10,12-13,16H,2,7H2,1H3,(H,14,15). The first-order chi connectivity index (χ1) is 8.04. The second-order valence-corrected chi connectivity index (χ2v) is 3.62. The average Bonchev–Trinajstić information content (AvgIpc) is 2.28. The first-order valence-electron chi connectivity index (χ1n) is 5.35. The van der Waals surface area contributed by atoms with Gasteiger partial charge in [0.1, 0.15) is 11.9 Å². The molecule has 0 aliphatic heterocycles. The van der Waals surface area contributed by atoms with Gasteiger partial charge in [0.15, 0.2) is 0 Å². The SMILES string of the molecule is CCOc1cccc(C(O)C(O)CC(=O)O)c1. The molecule has 3 N–H and O–H groups in total. The van der Waals surface area contributed by atoms with Gasteiger partial charge in [-0.3, -0.25) is 4.79 Å². The molecule has 0 fully saturated rings. The largest absolute Gasteiger partial charge is 0.494 e. The minimum absolute atomic E-state index is 0.435. The number of rotatable bonds is 6. The van der Waals surface area contributed by atoms with Crippen LogP contribution in [0.2, 0.25) is 0 Å². The molecule has 0 bridgehead atoms. The number of benzene rings is 1. The maximum absolute atomic E-state index is 10.4. The Hall–Kier alpha value is -1.59. The first kappa shape index (κ1) is 13.5. The van der Waals surface area contributed by atoms with E-state index >= 15 is 0 Å². The molecule has 0 spiro atoms. The third kappa shape index (κ3) is 4.05. The first-order valence-corrected chi connectivity index (χ1v) is 5.35. The van der Waals surface area contributed by atoms with Crippen LogP contribution in [0.25, 0.3) is 0 Å². The maximum Gasteiger partial charge on any atom is 0.306 e. The molecule has 0 radical (unpaired) electrons. The van der Waals surface area contributed by atoms with Crippen molar-refractivity contribution >= 4 is 5.97 Å². The molecule has 2 atom stereocenters. The molecule has 1 aromatic rings. The van der Waals surface area contributed by atoms with E-state index in [2.05, 4.69) is 0 Å². The second kappa shape index (κ2) is 6.22. The predicted octanol–water partition coefficient (Wildman–Crippen LogP) is 0.954. The van der Waals surface area contributed by atoms with E-state index in [9.17, 15) is 15.0 Å². The van der Waals surface area contributed by atoms with Crippen molar-refractivity contribution in [2.45, 2.75) is 25.6 Å². The number of ether oxygens (including phenoxy) is 1. The van der Waals surface area contributed by atoms with Crippen LogP contribution in [0.15, 0.2) is 24.3 Å². The minimum atomic E-state index is -1.33. The van der Waals surface area contributed by atoms with Gasteiger partial charge in [-0.1, -0.05) is 12.1 Å². The Balaban J connectivity index is 2.76. The van der Waals surface area contributed by atoms with Crippen LogP contribution < -0.4 is 4.74 Å². The van der Waals surface area contributed by atoms with E-state index in [-0.39, 0.29) is 0 Å². The molecule has 5 nitrogen and oxygen atoms in total. The van der Waals surface area contributed by atoms with Crippen molar-refractivity contribution in [3.05, 3.63) is 29.8 Å². The summed E-state index contributed by atoms with van der Waals surface area (Å²) in [4.78, 5) is 10.4. The molecule has 0 aliphatic rings. The summed E-state index contributed by atoms with van der Waals surface area (Å²) < 4.78 is 5.25. The van der Waals surface area contributed by atoms with Gasteiger partial charge in [0.05, 0.1) is 19.1 Å². The Morgan fingerprint density at radius 1 is 1.41 bits per heavy atom. The van der Waals surface area contributed by atoms with Crippen LogP contribution in [0.1, 0.15) is 25.0 Å². The Morgan fingerprint density at radius 2 is 2.12 bits per heavy atom. The number of aliphatic carboxylic acids is 1. The van der Waals surface area contributed by atoms with E-state index in [4.69, 9.17) is 9.84 Å². The van der Waals surface area contributed by atoms with Crippen LogP contribution in [0.4, 0.5) is 0 Å². The molecule has 17 heavy (non-hydrogen) atoms. The molecular formula is C12H16O5. The normalized spacial score (nSPS) is 14.1. The quantitative estimate of drug-likeness (QED) is 0.689. The molecule has 0 saturated carbocycles. The minimum Gasteiger partial charge on any atom is -0.494 e. The highest BCUT2D eigenvalue weighted by Gasteiger charge is 2.21. The Kier molecular flexibility index (Phi) is 4.93. The highest BCUT2D eigenvalue weighted by atomic mass is 16.5. The van der Waals surface area contributed by atoms with E-state index < -0.39 is 24.6 Å². The number of aliphatic hydroxyl groups excluding tert-OH is 2. The van der Waals surface area contributed by atoms with Crippen LogP contribution in [0, 0.1) is 0 Å². The fourth-order valence-corrected chi connectivity index (χ4v) is 1.47. The molecule has 0 amide bonds. The van der Waals surface area contributed by atoms with Gasteiger partial charge in [-0.15, -0.1) is 0 Å². The van der Waals surface area contributed by atoms with Gasteiger partial charge in [-0.05, 0) is 24.6 Å². The fourth-order valence-electron chi connectivity index (χ4n) is 1.47. The topological polar surface area (TPSA) is 87.0 Å². The lowest BCUT2D eigenvalue weighted by Gasteiger charge is -2.17. The van der Waals surface area contributed by atoms with Crippen LogP contribution in [-0.2, 0) is 4.79 Å². The van der Waals surface area contributed by atoms with E-state index in [1.165, 1.54) is 0 Å². The summed E-state index contributed by atoms with van der Waals surface area (Å²) in [5, 5.41) is 27.8. The third-order valence-corrected chi connectivity index (χ3v) is 2.26. The van der Waals surface area contributed by atoms with Crippen molar-refractivity contribution in [2.24, 2.45) is 0 Å². The van der Waals surface area contributed by atoms with Gasteiger partial charge in [-0.25, -0.2) is 0 Å². The van der Waals surface area contributed by atoms with Gasteiger partial charge in [0.25, 0.3) is 0 Å². The molecule has 1 rings (SSSR count). The average molecular weight is 240 g/mol. The number of carbonyl (C=O) groups is 1. The molecular weight excluding hydrogens is 224 g/mol. The predicted molar refractivity (Wildman–Crippen MR) is 60.8 cm³/mol. The van der Waals surface area contributed by atoms with Gasteiger partial charge in [-0.2, -0.15) is 0 Å². The summed E-state index contributed by atoms with van der Waals surface area (Å²) in [6.45, 7) is 2.33. The number of carboxylic acids is 1. The Labute approximate surface area is 99.3 Å². The van der Waals surface area contributed by atoms with E-state index in [0.717, 1.165) is 0 Å². The summed E-state index contributed by atoms with van der Waals surface area (Å²) in [6.07, 6.45) is -3.06. The van der Waals surface area contributed by atoms with Crippen LogP contribution in [0.5, 0.6) is 5.75 Å². The van der Waals surface area contributed by atoms with Gasteiger partial charge in [0, 0.05) is 0 Å². The van der Waals surface area contributed by atoms with E-state index in [0.29, 0.717) is 17.9 Å². The molecule has 0 aromatic heterocycles. The van der Waals surface area contributed by atoms with Gasteiger partial charge < -0.3 is 20.1 Å². The maximum atomic E-state index is 10.4. The number of aliphatic hydroxyl groups is 2. The second-order valence-electron chi connectivity index (χ2n) is 3.62. The lowest BCUT2D eigenvalue weighted by molar-refractivity contribution is -0.141. The smallest absolute Gasteiger partial charge is 0.306 e. The summed E-state index contributed by atoms with van der Waals surface area (Å²) in [7, 11) is 0. The van der Waals surface area contributed by atoms with Crippen molar-refractivity contribution in [3.8, 4) is 5.75 Å². The fraction of sp³-hybridized carbons (Fsp3) is 0.417. The summed E-state index contributed by atoms with van der Waals surface area (Å²) >= 11 is 0. The van der Waals surface area contributed by atoms with Crippen molar-refractivity contribution in [1.82, 2.24) is 0 Å². The Bertz CT molecular complexity index is 377. The third-order valence-electron chi connectivity index (χ3n) is 2.26. The number of hydrogen-bond acceptors (Lipinski definition) is 4. The van der Waals surface area contributed by atoms with Crippen LogP contribution in [-0.4, -0.2) is 34.0 Å². The zero-order valence-corrected chi connectivity index (χ0v) is 9.54. The highest BCUT2D eigenvalue weighted by Crippen LogP contribution is 2.23. The van der Waals surface area contributed by atoms with E-state index in [1.54, 1.807) is 24.3 Å². The molecule has 0 saturated heterocycles. The van der Waals surface area contributed by atoms with E-state index in [1.807, 2.05) is 6.92 Å². The summed E-state index contributed by atoms with van der Waals surface area (Å²) in [5.74, 6) is -0.580. The van der Waals surface area contributed by atoms with Crippen molar-refractivity contribution < 1.29 is 24.9 Å². The lowest BCUT2D eigenvalue weighted by atomic mass is 10.0. The monoisotopic (exact) mass is 240 g/mol. The molecule has 5 heteroatoms. The van der Waals surface area contributed by atoms with Crippen molar-refractivity contribution in [3.63, 3.8) is 0 Å². The van der Waals surface area contributed by atoms with Gasteiger partial charge in [0.2, 0.25) is 0 Å². The van der Waals surface area contributed by atoms with Crippen LogP contribution in [0.3, 0.4) is 0 Å². The molecule has 94 valence electrons. The number of carboxylic acid groups (broad SMARTS) is 1. The molecule has 1 aromatic carbocycles. The molecule has 0 aliphatic carbocycles. The summed E-state index contributed by atoms with van der Waals surface area (Å²) in [5.41, 5.74) is 0.435. The Morgan fingerprint density at radius 3 is 2.71 bits per heavy atom. The van der Waals surface area contributed by atoms with Crippen molar-refractivity contribution in [2.75, 3.05) is 6.61 Å². The highest BCUT2D eigenvalue weighted by molar-refractivity contribution is 5.67. The zero-order valence-electron chi connectivity index (χ0n) is 9.54. The molecule has 2 unspecified atom stereocenters.